The van der Waals surface area contributed by atoms with Gasteiger partial charge in [0.1, 0.15) is 10.9 Å². The SMILES string of the molecule is CCN1C/S(=C(/C#N)C(=O)NCC(F)F)CC1=O. The number of amides is 2. The van der Waals surface area contributed by atoms with Gasteiger partial charge >= 0.3 is 0 Å². The molecule has 1 aliphatic heterocycles. The van der Waals surface area contributed by atoms with Crippen molar-refractivity contribution in [1.82, 2.24) is 10.2 Å². The summed E-state index contributed by atoms with van der Waals surface area (Å²) in [4.78, 5) is 24.4. The van der Waals surface area contributed by atoms with Gasteiger partial charge < -0.3 is 10.2 Å². The molecule has 0 aromatic carbocycles. The summed E-state index contributed by atoms with van der Waals surface area (Å²) in [6.07, 6.45) is -2.66. The van der Waals surface area contributed by atoms with Crippen LogP contribution in [0.25, 0.3) is 0 Å². The quantitative estimate of drug-likeness (QED) is 0.744. The Hall–Kier alpha value is -1.49. The fraction of sp³-hybridized carbons (Fsp3) is 0.600. The van der Waals surface area contributed by atoms with Crippen molar-refractivity contribution in [2.45, 2.75) is 13.3 Å². The van der Waals surface area contributed by atoms with Gasteiger partial charge in [-0.15, -0.1) is 10.5 Å². The minimum absolute atomic E-state index is 0.110. The first-order valence-corrected chi connectivity index (χ1v) is 6.84. The molecule has 100 valence electrons. The molecule has 1 rings (SSSR count). The lowest BCUT2D eigenvalue weighted by molar-refractivity contribution is -0.126. The first kappa shape index (κ1) is 14.6. The highest BCUT2D eigenvalue weighted by atomic mass is 32.2. The molecule has 0 aromatic rings. The average molecular weight is 277 g/mol. The largest absolute Gasteiger partial charge is 0.345 e. The normalized spacial score (nSPS) is 19.9. The Bertz CT molecular complexity index is 431. The van der Waals surface area contributed by atoms with Crippen LogP contribution in [0.2, 0.25) is 0 Å². The van der Waals surface area contributed by atoms with Crippen LogP contribution in [0.1, 0.15) is 6.92 Å². The summed E-state index contributed by atoms with van der Waals surface area (Å²) >= 11 is 0. The summed E-state index contributed by atoms with van der Waals surface area (Å²) in [5.41, 5.74) is 0. The number of carbonyl (C=O) groups excluding carboxylic acids is 2. The zero-order valence-electron chi connectivity index (χ0n) is 9.78. The number of nitrogens with zero attached hydrogens (tertiary/aromatic N) is 2. The van der Waals surface area contributed by atoms with E-state index in [9.17, 15) is 18.4 Å². The van der Waals surface area contributed by atoms with Crippen LogP contribution in [0.5, 0.6) is 0 Å². The van der Waals surface area contributed by atoms with Crippen LogP contribution in [0.4, 0.5) is 8.78 Å². The van der Waals surface area contributed by atoms with Crippen molar-refractivity contribution in [3.05, 3.63) is 0 Å². The van der Waals surface area contributed by atoms with Crippen molar-refractivity contribution < 1.29 is 18.4 Å². The van der Waals surface area contributed by atoms with E-state index in [0.29, 0.717) is 12.4 Å². The molecule has 2 amide bonds. The van der Waals surface area contributed by atoms with E-state index in [2.05, 4.69) is 0 Å². The molecule has 1 aliphatic rings. The Labute approximate surface area is 106 Å². The number of hydrogen-bond donors (Lipinski definition) is 1. The number of carbonyl (C=O) groups is 2. The monoisotopic (exact) mass is 277 g/mol. The number of rotatable bonds is 4. The van der Waals surface area contributed by atoms with Gasteiger partial charge in [0.05, 0.1) is 18.2 Å². The summed E-state index contributed by atoms with van der Waals surface area (Å²) < 4.78 is 23.9. The zero-order chi connectivity index (χ0) is 13.7. The summed E-state index contributed by atoms with van der Waals surface area (Å²) in [6, 6.07) is 1.73. The molecular weight excluding hydrogens is 264 g/mol. The Kier molecular flexibility index (Phi) is 5.22. The molecule has 0 aliphatic carbocycles. The van der Waals surface area contributed by atoms with E-state index >= 15 is 0 Å². The molecule has 1 heterocycles. The lowest BCUT2D eigenvalue weighted by Gasteiger charge is -2.11. The van der Waals surface area contributed by atoms with Crippen LogP contribution < -0.4 is 5.32 Å². The molecule has 5 nitrogen and oxygen atoms in total. The van der Waals surface area contributed by atoms with E-state index in [1.165, 1.54) is 0 Å². The van der Waals surface area contributed by atoms with Gasteiger partial charge in [0.15, 0.2) is 0 Å². The van der Waals surface area contributed by atoms with E-state index in [-0.39, 0.29) is 16.5 Å². The van der Waals surface area contributed by atoms with Gasteiger partial charge in [-0.25, -0.2) is 8.78 Å². The summed E-state index contributed by atoms with van der Waals surface area (Å²) in [7, 11) is -0.795. The molecule has 0 saturated carbocycles. The third-order valence-corrected chi connectivity index (χ3v) is 4.43. The first-order valence-electron chi connectivity index (χ1n) is 5.28. The Morgan fingerprint density at radius 3 is 2.78 bits per heavy atom. The molecular formula is C10H13F2N3O2S. The molecule has 1 saturated heterocycles. The van der Waals surface area contributed by atoms with Gasteiger partial charge in [0.2, 0.25) is 5.91 Å². The Morgan fingerprint density at radius 2 is 2.33 bits per heavy atom. The van der Waals surface area contributed by atoms with Crippen molar-refractivity contribution in [3.63, 3.8) is 0 Å². The van der Waals surface area contributed by atoms with Gasteiger partial charge in [-0.05, 0) is 6.92 Å². The zero-order valence-corrected chi connectivity index (χ0v) is 10.6. The van der Waals surface area contributed by atoms with E-state index < -0.39 is 29.4 Å². The standard InChI is InChI=1S/C10H13F2N3O2S/c1-2-15-6-18(5-9(15)16)7(3-13)10(17)14-4-8(11)12/h8H,2,4-6H2,1H3,(H,14,17). The number of nitrogens with one attached hydrogen (secondary N) is 1. The molecule has 0 spiro atoms. The second-order valence-electron chi connectivity index (χ2n) is 3.56. The van der Waals surface area contributed by atoms with E-state index in [4.69, 9.17) is 5.26 Å². The molecule has 1 unspecified atom stereocenters. The highest BCUT2D eigenvalue weighted by Crippen LogP contribution is 2.25. The summed E-state index contributed by atoms with van der Waals surface area (Å²) in [5, 5.41) is 10.9. The van der Waals surface area contributed by atoms with Crippen molar-refractivity contribution in [3.8, 4) is 6.07 Å². The molecule has 18 heavy (non-hydrogen) atoms. The number of halogens is 2. The van der Waals surface area contributed by atoms with Crippen LogP contribution in [0.15, 0.2) is 0 Å². The maximum Gasteiger partial charge on any atom is 0.267 e. The summed E-state index contributed by atoms with van der Waals surface area (Å²) in [6.45, 7) is 1.53. The predicted molar refractivity (Wildman–Crippen MR) is 64.3 cm³/mol. The highest BCUT2D eigenvalue weighted by molar-refractivity contribution is 8.18. The van der Waals surface area contributed by atoms with Crippen LogP contribution in [-0.4, -0.2) is 52.7 Å². The number of hydrogen-bond acceptors (Lipinski definition) is 3. The lowest BCUT2D eigenvalue weighted by Crippen LogP contribution is -2.34. The van der Waals surface area contributed by atoms with Gasteiger partial charge in [-0.1, -0.05) is 0 Å². The molecule has 0 bridgehead atoms. The molecule has 0 radical (unpaired) electrons. The second kappa shape index (κ2) is 6.44. The van der Waals surface area contributed by atoms with E-state index in [1.54, 1.807) is 17.9 Å². The highest BCUT2D eigenvalue weighted by Gasteiger charge is 2.27. The van der Waals surface area contributed by atoms with Gasteiger partial charge in [0, 0.05) is 6.54 Å². The number of alkyl halides is 2. The van der Waals surface area contributed by atoms with E-state index in [0.717, 1.165) is 0 Å². The van der Waals surface area contributed by atoms with Crippen LogP contribution in [-0.2, 0) is 9.59 Å². The topological polar surface area (TPSA) is 73.2 Å². The third kappa shape index (κ3) is 3.50. The Morgan fingerprint density at radius 1 is 1.67 bits per heavy atom. The summed E-state index contributed by atoms with van der Waals surface area (Å²) in [5.74, 6) is -0.485. The van der Waals surface area contributed by atoms with Crippen molar-refractivity contribution in [1.29, 1.82) is 5.26 Å². The van der Waals surface area contributed by atoms with Gasteiger partial charge in [0.25, 0.3) is 12.3 Å². The minimum atomic E-state index is -2.66. The molecule has 1 N–H and O–H groups in total. The van der Waals surface area contributed by atoms with Crippen LogP contribution in [0.3, 0.4) is 0 Å². The molecule has 0 aromatic heterocycles. The first-order chi connectivity index (χ1) is 8.49. The third-order valence-electron chi connectivity index (χ3n) is 2.36. The molecule has 1 fully saturated rings. The van der Waals surface area contributed by atoms with Crippen molar-refractivity contribution in [2.75, 3.05) is 24.7 Å². The van der Waals surface area contributed by atoms with Crippen molar-refractivity contribution >= 4 is 27.2 Å². The smallest absolute Gasteiger partial charge is 0.267 e. The van der Waals surface area contributed by atoms with Crippen LogP contribution in [0, 0.1) is 11.3 Å². The maximum atomic E-state index is 12.0. The number of nitriles is 1. The van der Waals surface area contributed by atoms with Gasteiger partial charge in [-0.3, -0.25) is 9.59 Å². The fourth-order valence-corrected chi connectivity index (χ4v) is 3.46. The molecule has 1 atom stereocenters. The fourth-order valence-electron chi connectivity index (χ4n) is 1.45. The van der Waals surface area contributed by atoms with Gasteiger partial charge in [-0.2, -0.15) is 5.26 Å². The molecule has 8 heteroatoms. The maximum absolute atomic E-state index is 12.0. The Balaban J connectivity index is 2.80. The second-order valence-corrected chi connectivity index (χ2v) is 5.50. The minimum Gasteiger partial charge on any atom is -0.345 e. The predicted octanol–water partition coefficient (Wildman–Crippen LogP) is 0.152. The van der Waals surface area contributed by atoms with Crippen LogP contribution >= 0.6 is 10.5 Å². The van der Waals surface area contributed by atoms with E-state index in [1.807, 2.05) is 5.32 Å². The average Bonchev–Trinajstić information content (AvgIpc) is 2.68. The van der Waals surface area contributed by atoms with Crippen molar-refractivity contribution in [2.24, 2.45) is 0 Å². The lowest BCUT2D eigenvalue weighted by atomic mass is 10.4.